The van der Waals surface area contributed by atoms with Gasteiger partial charge in [-0.05, 0) is 24.6 Å². The molecule has 2 aromatic rings. The molecule has 0 radical (unpaired) electrons. The van der Waals surface area contributed by atoms with Crippen LogP contribution in [-0.2, 0) is 13.5 Å². The van der Waals surface area contributed by atoms with Gasteiger partial charge in [-0.25, -0.2) is 0 Å². The van der Waals surface area contributed by atoms with Crippen LogP contribution in [0, 0.1) is 0 Å². The number of rotatable bonds is 2. The van der Waals surface area contributed by atoms with E-state index in [0.29, 0.717) is 6.42 Å². The molecule has 1 aromatic heterocycles. The molecule has 1 aromatic carbocycles. The Bertz CT molecular complexity index is 639. The molecule has 1 N–H and O–H groups in total. The summed E-state index contributed by atoms with van der Waals surface area (Å²) >= 11 is 3.42. The number of benzene rings is 1. The second-order valence-corrected chi connectivity index (χ2v) is 6.01. The maximum atomic E-state index is 10.4. The van der Waals surface area contributed by atoms with Crippen LogP contribution in [0.4, 0.5) is 0 Å². The molecular formula is C15H17BrN2O2. The van der Waals surface area contributed by atoms with E-state index in [4.69, 9.17) is 4.74 Å². The van der Waals surface area contributed by atoms with E-state index in [1.54, 1.807) is 4.68 Å². The molecule has 0 aliphatic carbocycles. The molecule has 2 atom stereocenters. The van der Waals surface area contributed by atoms with E-state index in [1.807, 2.05) is 31.4 Å². The SMILES string of the molecule is CCc1nn(C)cc1C1C[C@H](O)c2cc(Br)ccc2O1. The summed E-state index contributed by atoms with van der Waals surface area (Å²) in [7, 11) is 1.91. The Morgan fingerprint density at radius 2 is 2.25 bits per heavy atom. The number of hydrogen-bond acceptors (Lipinski definition) is 3. The van der Waals surface area contributed by atoms with E-state index in [9.17, 15) is 5.11 Å². The van der Waals surface area contributed by atoms with E-state index in [1.165, 1.54) is 0 Å². The number of halogens is 1. The van der Waals surface area contributed by atoms with Crippen molar-refractivity contribution >= 4 is 15.9 Å². The molecular weight excluding hydrogens is 320 g/mol. The quantitative estimate of drug-likeness (QED) is 0.915. The third-order valence-corrected chi connectivity index (χ3v) is 4.15. The van der Waals surface area contributed by atoms with Gasteiger partial charge in [0.05, 0.1) is 11.8 Å². The Labute approximate surface area is 126 Å². The molecule has 1 aliphatic heterocycles. The van der Waals surface area contributed by atoms with Crippen LogP contribution in [0.25, 0.3) is 0 Å². The lowest BCUT2D eigenvalue weighted by atomic mass is 9.95. The zero-order valence-electron chi connectivity index (χ0n) is 11.5. The van der Waals surface area contributed by atoms with Gasteiger partial charge in [0.15, 0.2) is 0 Å². The maximum absolute atomic E-state index is 10.4. The Kier molecular flexibility index (Phi) is 3.56. The topological polar surface area (TPSA) is 47.3 Å². The fourth-order valence-electron chi connectivity index (χ4n) is 2.71. The average molecular weight is 337 g/mol. The normalized spacial score (nSPS) is 21.4. The monoisotopic (exact) mass is 336 g/mol. The van der Waals surface area contributed by atoms with Crippen molar-refractivity contribution in [3.05, 3.63) is 45.7 Å². The number of aliphatic hydroxyl groups is 1. The summed E-state index contributed by atoms with van der Waals surface area (Å²) in [6.07, 6.45) is 2.76. The van der Waals surface area contributed by atoms with Gasteiger partial charge in [0.1, 0.15) is 11.9 Å². The molecule has 0 amide bonds. The number of aromatic nitrogens is 2. The fraction of sp³-hybridized carbons (Fsp3) is 0.400. The van der Waals surface area contributed by atoms with Crippen molar-refractivity contribution in [2.75, 3.05) is 0 Å². The number of hydrogen-bond donors (Lipinski definition) is 1. The molecule has 0 saturated heterocycles. The summed E-state index contributed by atoms with van der Waals surface area (Å²) in [6.45, 7) is 2.08. The summed E-state index contributed by atoms with van der Waals surface area (Å²) in [5.74, 6) is 0.753. The van der Waals surface area contributed by atoms with Gasteiger partial charge in [0.2, 0.25) is 0 Å². The first kappa shape index (κ1) is 13.6. The van der Waals surface area contributed by atoms with Gasteiger partial charge >= 0.3 is 0 Å². The number of aliphatic hydroxyl groups excluding tert-OH is 1. The molecule has 4 nitrogen and oxygen atoms in total. The van der Waals surface area contributed by atoms with Crippen molar-refractivity contribution in [1.29, 1.82) is 0 Å². The molecule has 1 unspecified atom stereocenters. The van der Waals surface area contributed by atoms with Gasteiger partial charge in [-0.2, -0.15) is 5.10 Å². The summed E-state index contributed by atoms with van der Waals surface area (Å²) in [5, 5.41) is 14.8. The summed E-state index contributed by atoms with van der Waals surface area (Å²) in [6, 6.07) is 5.74. The summed E-state index contributed by atoms with van der Waals surface area (Å²) < 4.78 is 8.82. The highest BCUT2D eigenvalue weighted by Crippen LogP contribution is 2.42. The van der Waals surface area contributed by atoms with E-state index < -0.39 is 6.10 Å². The molecule has 0 bridgehead atoms. The molecule has 3 rings (SSSR count). The molecule has 0 spiro atoms. The molecule has 5 heteroatoms. The van der Waals surface area contributed by atoms with Crippen LogP contribution in [0.3, 0.4) is 0 Å². The van der Waals surface area contributed by atoms with Gasteiger partial charge in [-0.1, -0.05) is 22.9 Å². The third-order valence-electron chi connectivity index (χ3n) is 3.66. The molecule has 1 aliphatic rings. The van der Waals surface area contributed by atoms with Crippen molar-refractivity contribution in [3.8, 4) is 5.75 Å². The third kappa shape index (κ3) is 2.36. The standard InChI is InChI=1S/C15H17BrN2O2/c1-3-12-11(8-18(2)17-12)15-7-13(19)10-6-9(16)4-5-14(10)20-15/h4-6,8,13,15,19H,3,7H2,1-2H3/t13-,15?/m0/s1. The first-order chi connectivity index (χ1) is 9.58. The van der Waals surface area contributed by atoms with E-state index in [0.717, 1.165) is 33.5 Å². The van der Waals surface area contributed by atoms with Crippen LogP contribution >= 0.6 is 15.9 Å². The fourth-order valence-corrected chi connectivity index (χ4v) is 3.08. The molecule has 2 heterocycles. The highest BCUT2D eigenvalue weighted by molar-refractivity contribution is 9.10. The zero-order chi connectivity index (χ0) is 14.3. The van der Waals surface area contributed by atoms with Crippen LogP contribution in [-0.4, -0.2) is 14.9 Å². The van der Waals surface area contributed by atoms with Crippen molar-refractivity contribution in [2.24, 2.45) is 7.05 Å². The first-order valence-corrected chi connectivity index (χ1v) is 7.54. The first-order valence-electron chi connectivity index (χ1n) is 6.75. The van der Waals surface area contributed by atoms with Crippen molar-refractivity contribution in [3.63, 3.8) is 0 Å². The molecule has 0 saturated carbocycles. The second-order valence-electron chi connectivity index (χ2n) is 5.10. The summed E-state index contributed by atoms with van der Waals surface area (Å²) in [4.78, 5) is 0. The van der Waals surface area contributed by atoms with Gasteiger partial charge in [-0.3, -0.25) is 4.68 Å². The minimum atomic E-state index is -0.508. The maximum Gasteiger partial charge on any atom is 0.130 e. The number of ether oxygens (including phenoxy) is 1. The summed E-state index contributed by atoms with van der Waals surface area (Å²) in [5.41, 5.74) is 2.95. The Morgan fingerprint density at radius 3 is 3.00 bits per heavy atom. The van der Waals surface area contributed by atoms with Gasteiger partial charge in [0, 0.05) is 35.3 Å². The molecule has 20 heavy (non-hydrogen) atoms. The van der Waals surface area contributed by atoms with Gasteiger partial charge < -0.3 is 9.84 Å². The smallest absolute Gasteiger partial charge is 0.130 e. The minimum absolute atomic E-state index is 0.137. The van der Waals surface area contributed by atoms with Crippen molar-refractivity contribution in [1.82, 2.24) is 9.78 Å². The van der Waals surface area contributed by atoms with Crippen LogP contribution in [0.2, 0.25) is 0 Å². The van der Waals surface area contributed by atoms with Gasteiger partial charge in [0.25, 0.3) is 0 Å². The highest BCUT2D eigenvalue weighted by Gasteiger charge is 2.30. The Hall–Kier alpha value is -1.33. The number of aryl methyl sites for hydroxylation is 2. The minimum Gasteiger partial charge on any atom is -0.485 e. The van der Waals surface area contributed by atoms with E-state index >= 15 is 0 Å². The van der Waals surface area contributed by atoms with Crippen LogP contribution in [0.15, 0.2) is 28.9 Å². The molecule has 106 valence electrons. The van der Waals surface area contributed by atoms with Crippen LogP contribution in [0.5, 0.6) is 5.75 Å². The Balaban J connectivity index is 1.96. The number of fused-ring (bicyclic) bond motifs is 1. The second kappa shape index (κ2) is 5.22. The van der Waals surface area contributed by atoms with Crippen LogP contribution < -0.4 is 4.74 Å². The highest BCUT2D eigenvalue weighted by atomic mass is 79.9. The Morgan fingerprint density at radius 1 is 1.45 bits per heavy atom. The lowest BCUT2D eigenvalue weighted by Crippen LogP contribution is -2.19. The molecule has 0 fully saturated rings. The van der Waals surface area contributed by atoms with E-state index in [-0.39, 0.29) is 6.10 Å². The predicted molar refractivity (Wildman–Crippen MR) is 79.7 cm³/mol. The van der Waals surface area contributed by atoms with Crippen LogP contribution in [0.1, 0.15) is 42.4 Å². The lowest BCUT2D eigenvalue weighted by molar-refractivity contribution is 0.0652. The predicted octanol–water partition coefficient (Wildman–Crippen LogP) is 3.30. The van der Waals surface area contributed by atoms with Gasteiger partial charge in [-0.15, -0.1) is 0 Å². The van der Waals surface area contributed by atoms with Crippen molar-refractivity contribution in [2.45, 2.75) is 32.0 Å². The lowest BCUT2D eigenvalue weighted by Gasteiger charge is -2.29. The number of nitrogens with zero attached hydrogens (tertiary/aromatic N) is 2. The van der Waals surface area contributed by atoms with Crippen molar-refractivity contribution < 1.29 is 9.84 Å². The zero-order valence-corrected chi connectivity index (χ0v) is 13.1. The van der Waals surface area contributed by atoms with E-state index in [2.05, 4.69) is 28.0 Å². The largest absolute Gasteiger partial charge is 0.485 e. The average Bonchev–Trinajstić information content (AvgIpc) is 2.80.